The van der Waals surface area contributed by atoms with E-state index in [4.69, 9.17) is 22.1 Å². The number of hydrogen-bond donors (Lipinski definition) is 2. The van der Waals surface area contributed by atoms with Crippen molar-refractivity contribution in [2.75, 3.05) is 0 Å². The van der Waals surface area contributed by atoms with Crippen LogP contribution in [0.5, 0.6) is 5.75 Å². The van der Waals surface area contributed by atoms with E-state index in [2.05, 4.69) is 38.7 Å². The Morgan fingerprint density at radius 3 is 2.87 bits per heavy atom. The summed E-state index contributed by atoms with van der Waals surface area (Å²) in [6, 6.07) is 9.60. The van der Waals surface area contributed by atoms with Gasteiger partial charge in [0.25, 0.3) is 0 Å². The van der Waals surface area contributed by atoms with Crippen LogP contribution in [0.4, 0.5) is 4.39 Å². The quantitative estimate of drug-likeness (QED) is 0.440. The Hall–Kier alpha value is -1.70. The van der Waals surface area contributed by atoms with Crippen molar-refractivity contribution in [3.63, 3.8) is 0 Å². The van der Waals surface area contributed by atoms with Gasteiger partial charge < -0.3 is 10.5 Å². The number of nitrogens with two attached hydrogens (primary N) is 1. The molecule has 0 saturated heterocycles. The molecular formula is C15H12BrClFN3OS. The van der Waals surface area contributed by atoms with Crippen molar-refractivity contribution in [2.24, 2.45) is 10.8 Å². The van der Waals surface area contributed by atoms with Crippen LogP contribution in [0.1, 0.15) is 11.1 Å². The van der Waals surface area contributed by atoms with Crippen molar-refractivity contribution in [2.45, 2.75) is 6.61 Å². The van der Waals surface area contributed by atoms with Gasteiger partial charge in [-0.2, -0.15) is 5.10 Å². The van der Waals surface area contributed by atoms with E-state index < -0.39 is 0 Å². The molecule has 2 aromatic carbocycles. The third-order valence-electron chi connectivity index (χ3n) is 2.75. The minimum Gasteiger partial charge on any atom is -0.488 e. The largest absolute Gasteiger partial charge is 0.488 e. The number of benzene rings is 2. The second-order valence-electron chi connectivity index (χ2n) is 4.44. The van der Waals surface area contributed by atoms with E-state index in [-0.39, 0.29) is 17.5 Å². The normalized spacial score (nSPS) is 10.7. The van der Waals surface area contributed by atoms with Gasteiger partial charge in [0, 0.05) is 15.6 Å². The van der Waals surface area contributed by atoms with Gasteiger partial charge in [0.1, 0.15) is 18.2 Å². The third-order valence-corrected chi connectivity index (χ3v) is 3.68. The number of hydrazone groups is 1. The molecule has 4 nitrogen and oxygen atoms in total. The van der Waals surface area contributed by atoms with Gasteiger partial charge in [0.15, 0.2) is 5.11 Å². The Morgan fingerprint density at radius 1 is 1.39 bits per heavy atom. The van der Waals surface area contributed by atoms with Gasteiger partial charge >= 0.3 is 0 Å². The predicted molar refractivity (Wildman–Crippen MR) is 97.4 cm³/mol. The lowest BCUT2D eigenvalue weighted by atomic mass is 10.2. The molecule has 0 aromatic heterocycles. The van der Waals surface area contributed by atoms with E-state index >= 15 is 0 Å². The Kier molecular flexibility index (Phi) is 6.32. The standard InChI is InChI=1S/C15H12BrClFN3OS/c16-11-2-4-14(10(5-11)7-20-21-15(19)23)22-8-9-1-3-12(18)6-13(9)17/h1-7H,8H2,(H3,19,21,23). The van der Waals surface area contributed by atoms with E-state index in [9.17, 15) is 4.39 Å². The molecule has 0 aliphatic carbocycles. The summed E-state index contributed by atoms with van der Waals surface area (Å²) in [5, 5.41) is 4.29. The molecule has 0 atom stereocenters. The molecule has 2 rings (SSSR count). The predicted octanol–water partition coefficient (Wildman–Crippen LogP) is 3.99. The van der Waals surface area contributed by atoms with Gasteiger partial charge in [-0.1, -0.05) is 33.6 Å². The van der Waals surface area contributed by atoms with Crippen molar-refractivity contribution in [1.29, 1.82) is 0 Å². The van der Waals surface area contributed by atoms with Gasteiger partial charge in [-0.05, 0) is 42.5 Å². The molecule has 0 spiro atoms. The SMILES string of the molecule is NC(=S)NN=Cc1cc(Br)ccc1OCc1ccc(F)cc1Cl. The number of hydrogen-bond acceptors (Lipinski definition) is 3. The Morgan fingerprint density at radius 2 is 2.17 bits per heavy atom. The minimum atomic E-state index is -0.390. The van der Waals surface area contributed by atoms with Crippen molar-refractivity contribution < 1.29 is 9.13 Å². The van der Waals surface area contributed by atoms with Crippen LogP contribution in [0.3, 0.4) is 0 Å². The number of ether oxygens (including phenoxy) is 1. The molecule has 120 valence electrons. The lowest BCUT2D eigenvalue weighted by molar-refractivity contribution is 0.305. The Bertz CT molecular complexity index is 757. The molecular weight excluding hydrogens is 405 g/mol. The van der Waals surface area contributed by atoms with Crippen molar-refractivity contribution in [3.05, 3.63) is 62.8 Å². The lowest BCUT2D eigenvalue weighted by Gasteiger charge is -2.11. The fourth-order valence-corrected chi connectivity index (χ4v) is 2.36. The summed E-state index contributed by atoms with van der Waals surface area (Å²) >= 11 is 14.0. The molecule has 0 aliphatic heterocycles. The monoisotopic (exact) mass is 415 g/mol. The fraction of sp³-hybridized carbons (Fsp3) is 0.0667. The van der Waals surface area contributed by atoms with Gasteiger partial charge in [-0.3, -0.25) is 5.43 Å². The number of thiocarbonyl (C=S) groups is 1. The molecule has 23 heavy (non-hydrogen) atoms. The second-order valence-corrected chi connectivity index (χ2v) is 6.20. The van der Waals surface area contributed by atoms with E-state index in [1.807, 2.05) is 12.1 Å². The summed E-state index contributed by atoms with van der Waals surface area (Å²) in [5.41, 5.74) is 9.17. The molecule has 0 fully saturated rings. The lowest BCUT2D eigenvalue weighted by Crippen LogP contribution is -2.24. The minimum absolute atomic E-state index is 0.0665. The number of rotatable bonds is 5. The number of nitrogens with one attached hydrogen (secondary N) is 1. The van der Waals surface area contributed by atoms with Gasteiger partial charge in [0.2, 0.25) is 0 Å². The van der Waals surface area contributed by atoms with Crippen molar-refractivity contribution in [3.8, 4) is 5.75 Å². The van der Waals surface area contributed by atoms with E-state index in [1.54, 1.807) is 12.1 Å². The number of nitrogens with zero attached hydrogens (tertiary/aromatic N) is 1. The molecule has 0 unspecified atom stereocenters. The van der Waals surface area contributed by atoms with E-state index in [1.165, 1.54) is 18.3 Å². The summed E-state index contributed by atoms with van der Waals surface area (Å²) in [6.45, 7) is 0.199. The molecule has 3 N–H and O–H groups in total. The number of halogens is 3. The molecule has 0 radical (unpaired) electrons. The van der Waals surface area contributed by atoms with Crippen LogP contribution < -0.4 is 15.9 Å². The topological polar surface area (TPSA) is 59.6 Å². The van der Waals surface area contributed by atoms with Crippen LogP contribution in [0.2, 0.25) is 5.02 Å². The third kappa shape index (κ3) is 5.46. The highest BCUT2D eigenvalue weighted by Crippen LogP contribution is 2.24. The summed E-state index contributed by atoms with van der Waals surface area (Å²) in [7, 11) is 0. The first kappa shape index (κ1) is 17.7. The van der Waals surface area contributed by atoms with Crippen molar-refractivity contribution in [1.82, 2.24) is 5.43 Å². The highest BCUT2D eigenvalue weighted by molar-refractivity contribution is 9.10. The Labute approximate surface area is 151 Å². The van der Waals surface area contributed by atoms with Crippen LogP contribution in [-0.2, 0) is 6.61 Å². The smallest absolute Gasteiger partial charge is 0.184 e. The molecule has 0 heterocycles. The summed E-state index contributed by atoms with van der Waals surface area (Å²) < 4.78 is 19.7. The molecule has 8 heteroatoms. The first-order valence-corrected chi connectivity index (χ1v) is 7.98. The second kappa shape index (κ2) is 8.24. The average molecular weight is 417 g/mol. The Balaban J connectivity index is 2.15. The molecule has 0 amide bonds. The summed E-state index contributed by atoms with van der Waals surface area (Å²) in [5.74, 6) is 0.195. The zero-order valence-corrected chi connectivity index (χ0v) is 14.9. The molecule has 0 saturated carbocycles. The zero-order chi connectivity index (χ0) is 16.8. The van der Waals surface area contributed by atoms with Crippen LogP contribution in [0, 0.1) is 5.82 Å². The highest BCUT2D eigenvalue weighted by atomic mass is 79.9. The first-order valence-electron chi connectivity index (χ1n) is 6.40. The van der Waals surface area contributed by atoms with Crippen LogP contribution in [0.25, 0.3) is 0 Å². The van der Waals surface area contributed by atoms with Crippen LogP contribution in [-0.4, -0.2) is 11.3 Å². The van der Waals surface area contributed by atoms with Crippen molar-refractivity contribution >= 4 is 51.1 Å². The van der Waals surface area contributed by atoms with Crippen LogP contribution >= 0.6 is 39.7 Å². The maximum absolute atomic E-state index is 13.0. The molecule has 2 aromatic rings. The van der Waals surface area contributed by atoms with E-state index in [0.717, 1.165) is 4.47 Å². The maximum atomic E-state index is 13.0. The van der Waals surface area contributed by atoms with Crippen LogP contribution in [0.15, 0.2) is 46.0 Å². The van der Waals surface area contributed by atoms with Gasteiger partial charge in [-0.15, -0.1) is 0 Å². The van der Waals surface area contributed by atoms with E-state index in [0.29, 0.717) is 21.9 Å². The summed E-state index contributed by atoms with van der Waals surface area (Å²) in [4.78, 5) is 0. The molecule has 0 bridgehead atoms. The first-order chi connectivity index (χ1) is 11.0. The van der Waals surface area contributed by atoms with Gasteiger partial charge in [-0.25, -0.2) is 4.39 Å². The zero-order valence-electron chi connectivity index (χ0n) is 11.7. The summed E-state index contributed by atoms with van der Waals surface area (Å²) in [6.07, 6.45) is 1.53. The maximum Gasteiger partial charge on any atom is 0.184 e. The average Bonchev–Trinajstić information content (AvgIpc) is 2.47. The fourth-order valence-electron chi connectivity index (χ4n) is 1.71. The highest BCUT2D eigenvalue weighted by Gasteiger charge is 2.06. The molecule has 0 aliphatic rings. The van der Waals surface area contributed by atoms with Gasteiger partial charge in [0.05, 0.1) is 11.2 Å².